The maximum absolute atomic E-state index is 12.8. The number of nitrogens with zero attached hydrogens (tertiary/aromatic N) is 3. The van der Waals surface area contributed by atoms with Gasteiger partial charge in [0, 0.05) is 42.5 Å². The average Bonchev–Trinajstić information content (AvgIpc) is 2.88. The van der Waals surface area contributed by atoms with Gasteiger partial charge in [0.2, 0.25) is 5.91 Å². The van der Waals surface area contributed by atoms with Crippen molar-refractivity contribution in [1.29, 1.82) is 5.26 Å². The van der Waals surface area contributed by atoms with Crippen molar-refractivity contribution in [2.24, 2.45) is 0 Å². The summed E-state index contributed by atoms with van der Waals surface area (Å²) in [6.45, 7) is 7.92. The molecular weight excluding hydrogens is 500 g/mol. The molecule has 0 bridgehead atoms. The van der Waals surface area contributed by atoms with Crippen molar-refractivity contribution in [2.45, 2.75) is 20.3 Å². The molecule has 3 aromatic rings. The van der Waals surface area contributed by atoms with Crippen LogP contribution in [0.2, 0.25) is 5.02 Å². The number of likely N-dealkylation sites (N-methyl/N-ethyl adjacent to an activating group) is 1. The molecule has 0 aromatic heterocycles. The van der Waals surface area contributed by atoms with E-state index in [4.69, 9.17) is 16.3 Å². The van der Waals surface area contributed by atoms with E-state index in [1.54, 1.807) is 30.3 Å². The van der Waals surface area contributed by atoms with Gasteiger partial charge in [-0.1, -0.05) is 23.7 Å². The number of piperazine rings is 1. The minimum absolute atomic E-state index is 0.0873. The fourth-order valence-electron chi connectivity index (χ4n) is 4.34. The van der Waals surface area contributed by atoms with Gasteiger partial charge in [0.15, 0.2) is 5.78 Å². The second-order valence-electron chi connectivity index (χ2n) is 9.75. The minimum Gasteiger partial charge on any atom is -0.457 e. The number of nitriles is 1. The molecule has 1 saturated heterocycles. The topological polar surface area (TPSA) is 85.7 Å². The summed E-state index contributed by atoms with van der Waals surface area (Å²) in [5.41, 5.74) is 4.24. The largest absolute Gasteiger partial charge is 0.457 e. The van der Waals surface area contributed by atoms with Crippen LogP contribution < -0.4 is 10.1 Å². The third-order valence-electron chi connectivity index (χ3n) is 6.63. The smallest absolute Gasteiger partial charge is 0.228 e. The molecule has 8 heteroatoms. The molecule has 1 N–H and O–H groups in total. The van der Waals surface area contributed by atoms with Crippen LogP contribution in [0.4, 0.5) is 5.69 Å². The number of anilines is 1. The number of rotatable bonds is 8. The molecule has 0 saturated carbocycles. The summed E-state index contributed by atoms with van der Waals surface area (Å²) in [5, 5.41) is 12.5. The molecule has 38 heavy (non-hydrogen) atoms. The molecule has 0 unspecified atom stereocenters. The number of amides is 1. The number of Topliss-reactive ketones (excluding diaryl/α,β-unsaturated/α-hetero) is 1. The molecule has 1 heterocycles. The van der Waals surface area contributed by atoms with Crippen LogP contribution in [0.5, 0.6) is 11.5 Å². The number of ether oxygens (including phenoxy) is 1. The third-order valence-corrected chi connectivity index (χ3v) is 6.85. The molecule has 1 aliphatic rings. The minimum atomic E-state index is -0.172. The van der Waals surface area contributed by atoms with Crippen LogP contribution in [0.25, 0.3) is 0 Å². The fraction of sp³-hybridized carbons (Fsp3) is 0.300. The number of ketones is 1. The van der Waals surface area contributed by atoms with E-state index in [2.05, 4.69) is 28.2 Å². The van der Waals surface area contributed by atoms with Gasteiger partial charge >= 0.3 is 0 Å². The first-order valence-electron chi connectivity index (χ1n) is 12.5. The van der Waals surface area contributed by atoms with Gasteiger partial charge in [-0.3, -0.25) is 14.5 Å². The summed E-state index contributed by atoms with van der Waals surface area (Å²) < 4.78 is 5.98. The molecule has 0 radical (unpaired) electrons. The lowest BCUT2D eigenvalue weighted by molar-refractivity contribution is -0.115. The Kier molecular flexibility index (Phi) is 8.80. The van der Waals surface area contributed by atoms with E-state index in [-0.39, 0.29) is 18.1 Å². The zero-order valence-corrected chi connectivity index (χ0v) is 22.6. The lowest BCUT2D eigenvalue weighted by Gasteiger charge is -2.31. The Labute approximate surface area is 228 Å². The highest BCUT2D eigenvalue weighted by molar-refractivity contribution is 6.30. The fourth-order valence-corrected chi connectivity index (χ4v) is 4.56. The van der Waals surface area contributed by atoms with Crippen molar-refractivity contribution in [3.63, 3.8) is 0 Å². The maximum atomic E-state index is 12.8. The van der Waals surface area contributed by atoms with Crippen molar-refractivity contribution in [3.05, 3.63) is 87.4 Å². The predicted molar refractivity (Wildman–Crippen MR) is 149 cm³/mol. The number of carbonyl (C=O) groups excluding carboxylic acids is 2. The van der Waals surface area contributed by atoms with Crippen molar-refractivity contribution in [1.82, 2.24) is 9.80 Å². The van der Waals surface area contributed by atoms with Crippen LogP contribution in [-0.4, -0.2) is 61.3 Å². The van der Waals surface area contributed by atoms with E-state index in [9.17, 15) is 14.9 Å². The number of hydrogen-bond donors (Lipinski definition) is 1. The van der Waals surface area contributed by atoms with Gasteiger partial charge in [-0.05, 0) is 80.1 Å². The number of benzene rings is 3. The van der Waals surface area contributed by atoms with E-state index in [0.717, 1.165) is 42.9 Å². The Hall–Kier alpha value is -3.70. The average molecular weight is 531 g/mol. The van der Waals surface area contributed by atoms with Crippen LogP contribution in [0.1, 0.15) is 32.6 Å². The number of aryl methyl sites for hydroxylation is 2. The van der Waals surface area contributed by atoms with Crippen LogP contribution in [0.15, 0.2) is 54.6 Å². The number of nitrogens with one attached hydrogen (secondary N) is 1. The van der Waals surface area contributed by atoms with E-state index in [1.165, 1.54) is 0 Å². The lowest BCUT2D eigenvalue weighted by atomic mass is 10.0. The first kappa shape index (κ1) is 27.3. The zero-order chi connectivity index (χ0) is 27.2. The van der Waals surface area contributed by atoms with Crippen LogP contribution in [0.3, 0.4) is 0 Å². The maximum Gasteiger partial charge on any atom is 0.228 e. The lowest BCUT2D eigenvalue weighted by Crippen LogP contribution is -2.46. The van der Waals surface area contributed by atoms with Gasteiger partial charge < -0.3 is 15.0 Å². The molecular formula is C30H31ClN4O3. The van der Waals surface area contributed by atoms with Gasteiger partial charge in [0.05, 0.1) is 24.6 Å². The summed E-state index contributed by atoms with van der Waals surface area (Å²) in [6, 6.07) is 17.9. The highest BCUT2D eigenvalue weighted by Crippen LogP contribution is 2.29. The van der Waals surface area contributed by atoms with E-state index in [0.29, 0.717) is 39.9 Å². The molecule has 1 amide bonds. The number of hydrogen-bond acceptors (Lipinski definition) is 6. The molecule has 0 spiro atoms. The second-order valence-corrected chi connectivity index (χ2v) is 10.2. The van der Waals surface area contributed by atoms with Gasteiger partial charge in [0.1, 0.15) is 11.5 Å². The molecule has 196 valence electrons. The SMILES string of the molecule is Cc1cc(C(=O)CN2CCN(C)CC2)ccc1NC(=O)Cc1ccc(C)c(Oc2cc(Cl)cc(C#N)c2)c1. The van der Waals surface area contributed by atoms with Crippen LogP contribution in [0, 0.1) is 25.2 Å². The highest BCUT2D eigenvalue weighted by Gasteiger charge is 2.18. The number of halogens is 1. The predicted octanol–water partition coefficient (Wildman–Crippen LogP) is 5.23. The number of carbonyl (C=O) groups is 2. The summed E-state index contributed by atoms with van der Waals surface area (Å²) in [5.74, 6) is 0.954. The van der Waals surface area contributed by atoms with Gasteiger partial charge in [-0.15, -0.1) is 0 Å². The molecule has 0 atom stereocenters. The molecule has 4 rings (SSSR count). The Morgan fingerprint density at radius 3 is 2.47 bits per heavy atom. The summed E-state index contributed by atoms with van der Waals surface area (Å²) in [6.07, 6.45) is 0.152. The van der Waals surface area contributed by atoms with Crippen molar-refractivity contribution in [3.8, 4) is 17.6 Å². The summed E-state index contributed by atoms with van der Waals surface area (Å²) in [4.78, 5) is 30.1. The molecule has 0 aliphatic carbocycles. The Morgan fingerprint density at radius 1 is 1.00 bits per heavy atom. The molecule has 1 aliphatic heterocycles. The first-order chi connectivity index (χ1) is 18.2. The van der Waals surface area contributed by atoms with E-state index >= 15 is 0 Å². The molecule has 3 aromatic carbocycles. The van der Waals surface area contributed by atoms with Gasteiger partial charge in [-0.2, -0.15) is 5.26 Å². The Balaban J connectivity index is 1.38. The van der Waals surface area contributed by atoms with Gasteiger partial charge in [0.25, 0.3) is 0 Å². The summed E-state index contributed by atoms with van der Waals surface area (Å²) in [7, 11) is 2.09. The Morgan fingerprint density at radius 2 is 1.76 bits per heavy atom. The van der Waals surface area contributed by atoms with Crippen molar-refractivity contribution in [2.75, 3.05) is 45.1 Å². The van der Waals surface area contributed by atoms with E-state index in [1.807, 2.05) is 38.1 Å². The Bertz CT molecular complexity index is 1390. The zero-order valence-electron chi connectivity index (χ0n) is 21.9. The normalized spacial score (nSPS) is 14.1. The second kappa shape index (κ2) is 12.2. The van der Waals surface area contributed by atoms with Crippen LogP contribution >= 0.6 is 11.6 Å². The van der Waals surface area contributed by atoms with Crippen LogP contribution in [-0.2, 0) is 11.2 Å². The third kappa shape index (κ3) is 7.20. The first-order valence-corrected chi connectivity index (χ1v) is 12.9. The van der Waals surface area contributed by atoms with Gasteiger partial charge in [-0.25, -0.2) is 0 Å². The monoisotopic (exact) mass is 530 g/mol. The quantitative estimate of drug-likeness (QED) is 0.401. The van der Waals surface area contributed by atoms with E-state index < -0.39 is 0 Å². The highest BCUT2D eigenvalue weighted by atomic mass is 35.5. The van der Waals surface area contributed by atoms with Crippen molar-refractivity contribution < 1.29 is 14.3 Å². The molecule has 7 nitrogen and oxygen atoms in total. The standard InChI is InChI=1S/C30H31ClN4O3/c1-20-4-5-22(15-29(20)38-26-14-23(18-32)13-25(31)17-26)16-30(37)33-27-7-6-24(12-21(27)2)28(36)19-35-10-8-34(3)9-11-35/h4-7,12-15,17H,8-11,16,19H2,1-3H3,(H,33,37). The summed E-state index contributed by atoms with van der Waals surface area (Å²) >= 11 is 6.09. The molecule has 1 fully saturated rings. The van der Waals surface area contributed by atoms with Crippen molar-refractivity contribution >= 4 is 29.0 Å².